The number of amides is 2. The topological polar surface area (TPSA) is 157 Å². The Hall–Kier alpha value is -3.02. The van der Waals surface area contributed by atoms with E-state index in [0.29, 0.717) is 23.8 Å². The predicted octanol–water partition coefficient (Wildman–Crippen LogP) is -0.529. The van der Waals surface area contributed by atoms with E-state index in [0.717, 1.165) is 0 Å². The highest BCUT2D eigenvalue weighted by Gasteiger charge is 2.52. The average Bonchev–Trinajstić information content (AvgIpc) is 3.11. The van der Waals surface area contributed by atoms with E-state index in [1.54, 1.807) is 12.3 Å². The number of rotatable bonds is 8. The minimum atomic E-state index is -0.731. The molecule has 1 aromatic heterocycles. The standard InChI is InChI=1S/C16H19N5O6S/c1-8(22)26-7-27-15(25)10-4-5-28-14-12(13(24)21(10)14)20-16-18-6-9(19-16)2-3-11(17)23/h4,6,12,14H,2-3,5,7H2,1H3,(H2,17,23)(H2,18,19,20)/t12?,14-/m0/s1. The lowest BCUT2D eigenvalue weighted by Gasteiger charge is -2.48. The summed E-state index contributed by atoms with van der Waals surface area (Å²) < 4.78 is 9.44. The summed E-state index contributed by atoms with van der Waals surface area (Å²) in [7, 11) is 0. The van der Waals surface area contributed by atoms with E-state index >= 15 is 0 Å². The number of thioether (sulfide) groups is 1. The minimum absolute atomic E-state index is 0.126. The number of imidazole rings is 1. The molecule has 3 rings (SSSR count). The Kier molecular flexibility index (Phi) is 5.87. The summed E-state index contributed by atoms with van der Waals surface area (Å²) in [6, 6.07) is -0.565. The fraction of sp³-hybridized carbons (Fsp3) is 0.438. The van der Waals surface area contributed by atoms with E-state index in [2.05, 4.69) is 20.0 Å². The van der Waals surface area contributed by atoms with Gasteiger partial charge in [0.05, 0.1) is 5.69 Å². The van der Waals surface area contributed by atoms with Crippen molar-refractivity contribution in [3.05, 3.63) is 23.7 Å². The summed E-state index contributed by atoms with van der Waals surface area (Å²) in [5.41, 5.74) is 5.89. The maximum atomic E-state index is 12.5. The first-order valence-electron chi connectivity index (χ1n) is 8.41. The van der Waals surface area contributed by atoms with E-state index in [1.807, 2.05) is 0 Å². The molecule has 1 unspecified atom stereocenters. The highest BCUT2D eigenvalue weighted by Crippen LogP contribution is 2.38. The summed E-state index contributed by atoms with van der Waals surface area (Å²) >= 11 is 1.49. The monoisotopic (exact) mass is 409 g/mol. The lowest BCUT2D eigenvalue weighted by atomic mass is 10.1. The molecule has 0 radical (unpaired) electrons. The fourth-order valence-electron chi connectivity index (χ4n) is 2.73. The number of primary amides is 1. The number of aromatic amines is 1. The molecule has 1 aromatic rings. The number of H-pyrrole nitrogens is 1. The van der Waals surface area contributed by atoms with Crippen LogP contribution in [0.3, 0.4) is 0 Å². The highest BCUT2D eigenvalue weighted by molar-refractivity contribution is 8.00. The molecule has 0 saturated carbocycles. The Balaban J connectivity index is 1.57. The van der Waals surface area contributed by atoms with Gasteiger partial charge in [0.15, 0.2) is 0 Å². The van der Waals surface area contributed by atoms with Gasteiger partial charge in [-0.25, -0.2) is 9.78 Å². The Morgan fingerprint density at radius 1 is 1.43 bits per heavy atom. The number of nitrogens with two attached hydrogens (primary N) is 1. The second-order valence-corrected chi connectivity index (χ2v) is 7.19. The van der Waals surface area contributed by atoms with Crippen LogP contribution in [0.4, 0.5) is 5.95 Å². The van der Waals surface area contributed by atoms with Gasteiger partial charge in [0.25, 0.3) is 5.91 Å². The van der Waals surface area contributed by atoms with Crippen molar-refractivity contribution in [1.82, 2.24) is 14.9 Å². The molecule has 2 aliphatic rings. The van der Waals surface area contributed by atoms with Crippen LogP contribution >= 0.6 is 11.8 Å². The molecule has 4 N–H and O–H groups in total. The van der Waals surface area contributed by atoms with E-state index < -0.39 is 30.7 Å². The van der Waals surface area contributed by atoms with E-state index in [4.69, 9.17) is 10.5 Å². The number of ether oxygens (including phenoxy) is 2. The van der Waals surface area contributed by atoms with Crippen LogP contribution in [-0.4, -0.2) is 62.6 Å². The molecule has 3 heterocycles. The number of hydrogen-bond acceptors (Lipinski definition) is 9. The molecular weight excluding hydrogens is 390 g/mol. The van der Waals surface area contributed by atoms with E-state index in [1.165, 1.54) is 23.6 Å². The number of aryl methyl sites for hydroxylation is 1. The van der Waals surface area contributed by atoms with Gasteiger partial charge in [0.2, 0.25) is 18.6 Å². The Bertz CT molecular complexity index is 837. The average molecular weight is 409 g/mol. The Labute approximate surface area is 164 Å². The number of nitrogens with one attached hydrogen (secondary N) is 2. The van der Waals surface area contributed by atoms with Crippen molar-refractivity contribution in [2.75, 3.05) is 17.9 Å². The van der Waals surface area contributed by atoms with Gasteiger partial charge in [0, 0.05) is 25.3 Å². The number of anilines is 1. The molecular formula is C16H19N5O6S. The van der Waals surface area contributed by atoms with Crippen molar-refractivity contribution in [2.45, 2.75) is 31.2 Å². The highest BCUT2D eigenvalue weighted by atomic mass is 32.2. The number of hydrogen-bond donors (Lipinski definition) is 3. The number of β-lactam (4-membered cyclic amide) rings is 1. The fourth-order valence-corrected chi connectivity index (χ4v) is 3.92. The van der Waals surface area contributed by atoms with Crippen LogP contribution in [0.2, 0.25) is 0 Å². The van der Waals surface area contributed by atoms with Crippen LogP contribution in [0.1, 0.15) is 19.0 Å². The predicted molar refractivity (Wildman–Crippen MR) is 97.4 cm³/mol. The van der Waals surface area contributed by atoms with Crippen molar-refractivity contribution in [1.29, 1.82) is 0 Å². The summed E-state index contributed by atoms with van der Waals surface area (Å²) in [6.45, 7) is 0.692. The third kappa shape index (κ3) is 4.27. The second-order valence-electron chi connectivity index (χ2n) is 6.04. The van der Waals surface area contributed by atoms with Gasteiger partial charge in [-0.2, -0.15) is 0 Å². The SMILES string of the molecule is CC(=O)OCOC(=O)C1=CCS[C@H]2C(Nc3nc(CCC(N)=O)c[nH]3)C(=O)N12. The number of carbonyl (C=O) groups is 4. The van der Waals surface area contributed by atoms with E-state index in [-0.39, 0.29) is 23.4 Å². The third-order valence-corrected chi connectivity index (χ3v) is 5.24. The summed E-state index contributed by atoms with van der Waals surface area (Å²) in [6.07, 6.45) is 3.82. The smallest absolute Gasteiger partial charge is 0.357 e. The van der Waals surface area contributed by atoms with Gasteiger partial charge < -0.3 is 25.5 Å². The molecule has 1 saturated heterocycles. The summed E-state index contributed by atoms with van der Waals surface area (Å²) in [5.74, 6) is -1.11. The first-order valence-corrected chi connectivity index (χ1v) is 9.46. The zero-order valence-electron chi connectivity index (χ0n) is 15.0. The molecule has 0 bridgehead atoms. The zero-order valence-corrected chi connectivity index (χ0v) is 15.8. The Morgan fingerprint density at radius 3 is 2.93 bits per heavy atom. The van der Waals surface area contributed by atoms with Crippen molar-refractivity contribution >= 4 is 41.5 Å². The van der Waals surface area contributed by atoms with Gasteiger partial charge in [-0.3, -0.25) is 19.3 Å². The Morgan fingerprint density at radius 2 is 2.21 bits per heavy atom. The molecule has 0 spiro atoms. The molecule has 0 aromatic carbocycles. The van der Waals surface area contributed by atoms with E-state index in [9.17, 15) is 19.2 Å². The molecule has 0 aliphatic carbocycles. The number of esters is 2. The largest absolute Gasteiger partial charge is 0.428 e. The number of nitrogens with zero attached hydrogens (tertiary/aromatic N) is 2. The van der Waals surface area contributed by atoms with Crippen LogP contribution < -0.4 is 11.1 Å². The third-order valence-electron chi connectivity index (χ3n) is 4.06. The van der Waals surface area contributed by atoms with Crippen molar-refractivity contribution < 1.29 is 28.7 Å². The quantitative estimate of drug-likeness (QED) is 0.292. The molecule has 1 fully saturated rings. The van der Waals surface area contributed by atoms with Crippen LogP contribution in [0, 0.1) is 0 Å². The van der Waals surface area contributed by atoms with Gasteiger partial charge in [-0.15, -0.1) is 11.8 Å². The van der Waals surface area contributed by atoms with Gasteiger partial charge in [0.1, 0.15) is 17.1 Å². The minimum Gasteiger partial charge on any atom is -0.428 e. The van der Waals surface area contributed by atoms with Crippen LogP contribution in [0.15, 0.2) is 18.0 Å². The number of aromatic nitrogens is 2. The molecule has 2 amide bonds. The molecule has 28 heavy (non-hydrogen) atoms. The van der Waals surface area contributed by atoms with Crippen molar-refractivity contribution in [3.8, 4) is 0 Å². The number of fused-ring (bicyclic) bond motifs is 1. The molecule has 150 valence electrons. The van der Waals surface area contributed by atoms with Crippen LogP contribution in [0.5, 0.6) is 0 Å². The number of carbonyl (C=O) groups excluding carboxylic acids is 4. The first-order chi connectivity index (χ1) is 13.4. The van der Waals surface area contributed by atoms with Gasteiger partial charge in [-0.1, -0.05) is 0 Å². The first kappa shape index (κ1) is 19.7. The van der Waals surface area contributed by atoms with Crippen LogP contribution in [-0.2, 0) is 35.1 Å². The van der Waals surface area contributed by atoms with Crippen LogP contribution in [0.25, 0.3) is 0 Å². The summed E-state index contributed by atoms with van der Waals surface area (Å²) in [4.78, 5) is 54.8. The molecule has 2 aliphatic heterocycles. The lowest BCUT2D eigenvalue weighted by molar-refractivity contribution is -0.166. The zero-order chi connectivity index (χ0) is 20.3. The van der Waals surface area contributed by atoms with Crippen molar-refractivity contribution in [3.63, 3.8) is 0 Å². The second kappa shape index (κ2) is 8.33. The molecule has 12 heteroatoms. The maximum Gasteiger partial charge on any atom is 0.357 e. The van der Waals surface area contributed by atoms with Gasteiger partial charge >= 0.3 is 11.9 Å². The lowest BCUT2D eigenvalue weighted by Crippen LogP contribution is -2.67. The molecule has 11 nitrogen and oxygen atoms in total. The summed E-state index contributed by atoms with van der Waals surface area (Å²) in [5, 5.41) is 2.71. The molecule has 2 atom stereocenters. The van der Waals surface area contributed by atoms with Gasteiger partial charge in [-0.05, 0) is 12.5 Å². The maximum absolute atomic E-state index is 12.5. The normalized spacial score (nSPS) is 20.5. The van der Waals surface area contributed by atoms with Crippen molar-refractivity contribution in [2.24, 2.45) is 5.73 Å².